The Morgan fingerprint density at radius 2 is 2.05 bits per heavy atom. The molecule has 1 N–H and O–H groups in total. The Bertz CT molecular complexity index is 359. The lowest BCUT2D eigenvalue weighted by Gasteiger charge is -2.43. The predicted octanol–water partition coefficient (Wildman–Crippen LogP) is 1.03. The Morgan fingerprint density at radius 1 is 1.24 bits per heavy atom. The van der Waals surface area contributed by atoms with Gasteiger partial charge >= 0.3 is 0 Å². The van der Waals surface area contributed by atoms with Gasteiger partial charge in [0.1, 0.15) is 5.60 Å². The molecule has 0 bridgehead atoms. The van der Waals surface area contributed by atoms with Gasteiger partial charge in [-0.05, 0) is 31.6 Å². The molecular weight excluding hydrogens is 268 g/mol. The summed E-state index contributed by atoms with van der Waals surface area (Å²) in [7, 11) is 0. The Balaban J connectivity index is 1.61. The number of nitrogens with zero attached hydrogens (tertiary/aromatic N) is 1. The molecule has 2 saturated heterocycles. The average Bonchev–Trinajstić information content (AvgIpc) is 2.73. The number of amides is 1. The number of ether oxygens (including phenoxy) is 2. The molecule has 1 spiro atoms. The molecule has 0 aromatic carbocycles. The monoisotopic (exact) mass is 296 g/mol. The Morgan fingerprint density at radius 3 is 2.86 bits per heavy atom. The minimum atomic E-state index is -0.341. The maximum absolute atomic E-state index is 12.8. The van der Waals surface area contributed by atoms with Crippen molar-refractivity contribution in [2.45, 2.75) is 38.2 Å². The van der Waals surface area contributed by atoms with Crippen LogP contribution in [-0.4, -0.2) is 62.4 Å². The van der Waals surface area contributed by atoms with Gasteiger partial charge in [0.25, 0.3) is 0 Å². The largest absolute Gasteiger partial charge is 0.377 e. The Hall–Kier alpha value is -0.650. The van der Waals surface area contributed by atoms with E-state index in [9.17, 15) is 4.79 Å². The molecule has 3 aliphatic rings. The molecule has 1 aliphatic carbocycles. The van der Waals surface area contributed by atoms with Crippen LogP contribution in [-0.2, 0) is 14.3 Å². The van der Waals surface area contributed by atoms with Crippen molar-refractivity contribution in [1.82, 2.24) is 10.2 Å². The number of nitrogens with one attached hydrogen (secondary N) is 1. The third-order valence-corrected chi connectivity index (χ3v) is 5.16. The minimum Gasteiger partial charge on any atom is -0.377 e. The van der Waals surface area contributed by atoms with Crippen LogP contribution in [0, 0.1) is 11.8 Å². The van der Waals surface area contributed by atoms with Crippen LogP contribution in [0.25, 0.3) is 0 Å². The van der Waals surface area contributed by atoms with Gasteiger partial charge in [0.05, 0.1) is 26.4 Å². The van der Waals surface area contributed by atoms with E-state index in [4.69, 9.17) is 9.47 Å². The second-order valence-electron chi connectivity index (χ2n) is 6.98. The van der Waals surface area contributed by atoms with Crippen LogP contribution < -0.4 is 5.32 Å². The summed E-state index contributed by atoms with van der Waals surface area (Å²) in [6.45, 7) is 7.26. The van der Waals surface area contributed by atoms with Crippen molar-refractivity contribution in [3.8, 4) is 0 Å². The van der Waals surface area contributed by atoms with Crippen LogP contribution in [0.3, 0.4) is 0 Å². The molecule has 5 heteroatoms. The molecule has 120 valence electrons. The van der Waals surface area contributed by atoms with Gasteiger partial charge in [-0.15, -0.1) is 0 Å². The van der Waals surface area contributed by atoms with Crippen molar-refractivity contribution in [3.63, 3.8) is 0 Å². The molecule has 1 unspecified atom stereocenters. The molecule has 1 saturated carbocycles. The maximum Gasteiger partial charge on any atom is 0.225 e. The highest BCUT2D eigenvalue weighted by atomic mass is 16.5. The second kappa shape index (κ2) is 6.63. The number of morpholine rings is 1. The first-order valence-electron chi connectivity index (χ1n) is 8.40. The molecular formula is C16H28N2O3. The molecule has 0 aromatic heterocycles. The van der Waals surface area contributed by atoms with Gasteiger partial charge in [-0.2, -0.15) is 0 Å². The van der Waals surface area contributed by atoms with Crippen LogP contribution in [0.1, 0.15) is 32.6 Å². The van der Waals surface area contributed by atoms with Gasteiger partial charge in [0.15, 0.2) is 0 Å². The molecule has 2 heterocycles. The maximum atomic E-state index is 12.8. The molecule has 3 rings (SSSR count). The quantitative estimate of drug-likeness (QED) is 0.785. The first kappa shape index (κ1) is 15.3. The van der Waals surface area contributed by atoms with E-state index in [1.165, 1.54) is 12.8 Å². The fourth-order valence-electron chi connectivity index (χ4n) is 3.76. The summed E-state index contributed by atoms with van der Waals surface area (Å²) in [6.07, 6.45) is 4.49. The minimum absolute atomic E-state index is 0.232. The zero-order valence-electron chi connectivity index (χ0n) is 13.1. The third-order valence-electron chi connectivity index (χ3n) is 5.16. The summed E-state index contributed by atoms with van der Waals surface area (Å²) in [4.78, 5) is 14.8. The number of rotatable bonds is 1. The SMILES string of the molecule is CC1CCC(C(=O)N2CCOC3(CNCCOC3)C2)CC1. The van der Waals surface area contributed by atoms with E-state index >= 15 is 0 Å². The summed E-state index contributed by atoms with van der Waals surface area (Å²) in [5, 5.41) is 3.36. The van der Waals surface area contributed by atoms with E-state index in [2.05, 4.69) is 12.2 Å². The molecule has 2 aliphatic heterocycles. The van der Waals surface area contributed by atoms with Gasteiger partial charge in [-0.1, -0.05) is 6.92 Å². The number of carbonyl (C=O) groups is 1. The highest BCUT2D eigenvalue weighted by Crippen LogP contribution is 2.31. The Labute approximate surface area is 127 Å². The van der Waals surface area contributed by atoms with E-state index < -0.39 is 0 Å². The van der Waals surface area contributed by atoms with Crippen LogP contribution >= 0.6 is 0 Å². The van der Waals surface area contributed by atoms with Crippen molar-refractivity contribution >= 4 is 5.91 Å². The molecule has 0 aromatic rings. The van der Waals surface area contributed by atoms with Crippen molar-refractivity contribution in [3.05, 3.63) is 0 Å². The zero-order chi connectivity index (χ0) is 14.7. The van der Waals surface area contributed by atoms with E-state index in [1.54, 1.807) is 0 Å². The smallest absolute Gasteiger partial charge is 0.225 e. The van der Waals surface area contributed by atoms with Crippen molar-refractivity contribution in [2.75, 3.05) is 46.0 Å². The lowest BCUT2D eigenvalue weighted by molar-refractivity contribution is -0.162. The third kappa shape index (κ3) is 3.58. The summed E-state index contributed by atoms with van der Waals surface area (Å²) in [5.74, 6) is 1.36. The van der Waals surface area contributed by atoms with Gasteiger partial charge < -0.3 is 19.7 Å². The van der Waals surface area contributed by atoms with Crippen molar-refractivity contribution in [2.24, 2.45) is 11.8 Å². The molecule has 5 nitrogen and oxygen atoms in total. The van der Waals surface area contributed by atoms with Crippen molar-refractivity contribution in [1.29, 1.82) is 0 Å². The number of hydrogen-bond acceptors (Lipinski definition) is 4. The fraction of sp³-hybridized carbons (Fsp3) is 0.938. The fourth-order valence-corrected chi connectivity index (χ4v) is 3.76. The van der Waals surface area contributed by atoms with Crippen LogP contribution in [0.4, 0.5) is 0 Å². The highest BCUT2D eigenvalue weighted by Gasteiger charge is 2.41. The molecule has 0 radical (unpaired) electrons. The molecule has 1 atom stereocenters. The van der Waals surface area contributed by atoms with Crippen LogP contribution in [0.2, 0.25) is 0 Å². The van der Waals surface area contributed by atoms with Gasteiger partial charge in [-0.3, -0.25) is 4.79 Å². The Kier molecular flexibility index (Phi) is 4.82. The van der Waals surface area contributed by atoms with E-state index in [-0.39, 0.29) is 11.5 Å². The summed E-state index contributed by atoms with van der Waals surface area (Å²) in [6, 6.07) is 0. The zero-order valence-corrected chi connectivity index (χ0v) is 13.1. The normalized spacial score (nSPS) is 38.2. The van der Waals surface area contributed by atoms with E-state index in [0.717, 1.165) is 45.0 Å². The first-order chi connectivity index (χ1) is 10.2. The van der Waals surface area contributed by atoms with Gasteiger partial charge in [-0.25, -0.2) is 0 Å². The molecule has 1 amide bonds. The second-order valence-corrected chi connectivity index (χ2v) is 6.98. The van der Waals surface area contributed by atoms with Gasteiger partial charge in [0, 0.05) is 25.6 Å². The summed E-state index contributed by atoms with van der Waals surface area (Å²) in [5.41, 5.74) is -0.341. The van der Waals surface area contributed by atoms with Crippen LogP contribution in [0.15, 0.2) is 0 Å². The molecule has 21 heavy (non-hydrogen) atoms. The van der Waals surface area contributed by atoms with E-state index in [0.29, 0.717) is 25.7 Å². The van der Waals surface area contributed by atoms with Crippen LogP contribution in [0.5, 0.6) is 0 Å². The summed E-state index contributed by atoms with van der Waals surface area (Å²) < 4.78 is 11.6. The standard InChI is InChI=1S/C16H28N2O3/c1-13-2-4-14(5-3-13)15(19)18-7-9-21-16(11-18)10-17-6-8-20-12-16/h13-14,17H,2-12H2,1H3. The first-order valence-corrected chi connectivity index (χ1v) is 8.40. The van der Waals surface area contributed by atoms with E-state index in [1.807, 2.05) is 4.90 Å². The molecule has 3 fully saturated rings. The lowest BCUT2D eigenvalue weighted by Crippen LogP contribution is -2.60. The average molecular weight is 296 g/mol. The number of hydrogen-bond donors (Lipinski definition) is 1. The lowest BCUT2D eigenvalue weighted by atomic mass is 9.82. The number of carbonyl (C=O) groups excluding carboxylic acids is 1. The predicted molar refractivity (Wildman–Crippen MR) is 80.1 cm³/mol. The van der Waals surface area contributed by atoms with Gasteiger partial charge in [0.2, 0.25) is 5.91 Å². The topological polar surface area (TPSA) is 50.8 Å². The summed E-state index contributed by atoms with van der Waals surface area (Å²) >= 11 is 0. The highest BCUT2D eigenvalue weighted by molar-refractivity contribution is 5.79. The van der Waals surface area contributed by atoms with Crippen molar-refractivity contribution < 1.29 is 14.3 Å².